The number of halogens is 1. The van der Waals surface area contributed by atoms with Gasteiger partial charge in [-0.25, -0.2) is 13.4 Å². The molecule has 0 radical (unpaired) electrons. The van der Waals surface area contributed by atoms with Crippen LogP contribution in [0.2, 0.25) is 5.02 Å². The SMILES string of the molecule is COc1ccc(Cl)c2sc(NC(=O)c3ccc(NS(=O)(=O)c4ccccc4)cc3)nc12. The molecule has 0 saturated carbocycles. The highest BCUT2D eigenvalue weighted by molar-refractivity contribution is 7.92. The van der Waals surface area contributed by atoms with E-state index in [1.54, 1.807) is 30.3 Å². The maximum absolute atomic E-state index is 12.6. The molecule has 158 valence electrons. The van der Waals surface area contributed by atoms with Gasteiger partial charge in [0.25, 0.3) is 15.9 Å². The minimum Gasteiger partial charge on any atom is -0.494 e. The molecule has 7 nitrogen and oxygen atoms in total. The van der Waals surface area contributed by atoms with E-state index in [0.29, 0.717) is 37.4 Å². The molecule has 0 bridgehead atoms. The second kappa shape index (κ2) is 8.54. The first-order valence-corrected chi connectivity index (χ1v) is 11.7. The van der Waals surface area contributed by atoms with Crippen molar-refractivity contribution < 1.29 is 17.9 Å². The standard InChI is InChI=1S/C21H16ClN3O4S2/c1-29-17-12-11-16(22)19-18(17)23-21(30-19)24-20(26)13-7-9-14(10-8-13)25-31(27,28)15-5-3-2-4-6-15/h2-12,25H,1H3,(H,23,24,26). The molecule has 31 heavy (non-hydrogen) atoms. The van der Waals surface area contributed by atoms with E-state index in [2.05, 4.69) is 15.0 Å². The van der Waals surface area contributed by atoms with Gasteiger partial charge in [-0.15, -0.1) is 0 Å². The predicted molar refractivity (Wildman–Crippen MR) is 123 cm³/mol. The fourth-order valence-electron chi connectivity index (χ4n) is 2.84. The number of rotatable bonds is 6. The van der Waals surface area contributed by atoms with E-state index in [1.165, 1.54) is 54.8 Å². The second-order valence-corrected chi connectivity index (χ2v) is 9.49. The fourth-order valence-corrected chi connectivity index (χ4v) is 5.07. The molecule has 1 aromatic heterocycles. The molecular weight excluding hydrogens is 458 g/mol. The zero-order valence-corrected chi connectivity index (χ0v) is 18.5. The molecule has 3 aromatic carbocycles. The van der Waals surface area contributed by atoms with Crippen molar-refractivity contribution >= 4 is 59.9 Å². The number of anilines is 2. The molecule has 0 fully saturated rings. The number of benzene rings is 3. The van der Waals surface area contributed by atoms with Gasteiger partial charge in [-0.1, -0.05) is 41.1 Å². The molecule has 10 heteroatoms. The van der Waals surface area contributed by atoms with E-state index in [9.17, 15) is 13.2 Å². The van der Waals surface area contributed by atoms with Crippen molar-refractivity contribution in [3.63, 3.8) is 0 Å². The molecular formula is C21H16ClN3O4S2. The summed E-state index contributed by atoms with van der Waals surface area (Å²) in [5.74, 6) is 0.179. The Morgan fingerprint density at radius 1 is 1.03 bits per heavy atom. The quantitative estimate of drug-likeness (QED) is 0.410. The highest BCUT2D eigenvalue weighted by Gasteiger charge is 2.16. The van der Waals surface area contributed by atoms with E-state index < -0.39 is 10.0 Å². The summed E-state index contributed by atoms with van der Waals surface area (Å²) in [4.78, 5) is 17.2. The van der Waals surface area contributed by atoms with Gasteiger partial charge in [0.1, 0.15) is 11.3 Å². The monoisotopic (exact) mass is 473 g/mol. The third-order valence-electron chi connectivity index (χ3n) is 4.35. The summed E-state index contributed by atoms with van der Waals surface area (Å²) in [5.41, 5.74) is 1.26. The first-order chi connectivity index (χ1) is 14.9. The van der Waals surface area contributed by atoms with Crippen molar-refractivity contribution in [1.82, 2.24) is 4.98 Å². The third kappa shape index (κ3) is 4.48. The summed E-state index contributed by atoms with van der Waals surface area (Å²) in [6, 6.07) is 17.6. The highest BCUT2D eigenvalue weighted by Crippen LogP contribution is 2.37. The number of methoxy groups -OCH3 is 1. The van der Waals surface area contributed by atoms with Gasteiger partial charge in [0.15, 0.2) is 5.13 Å². The molecule has 1 amide bonds. The van der Waals surface area contributed by atoms with Gasteiger partial charge in [0.05, 0.1) is 21.7 Å². The summed E-state index contributed by atoms with van der Waals surface area (Å²) >= 11 is 7.45. The molecule has 2 N–H and O–H groups in total. The van der Waals surface area contributed by atoms with Gasteiger partial charge in [0, 0.05) is 11.3 Å². The van der Waals surface area contributed by atoms with Gasteiger partial charge >= 0.3 is 0 Å². The molecule has 0 aliphatic carbocycles. The Labute approximate surface area is 187 Å². The Kier molecular flexibility index (Phi) is 5.81. The third-order valence-corrected chi connectivity index (χ3v) is 7.18. The first-order valence-electron chi connectivity index (χ1n) is 9.00. The summed E-state index contributed by atoms with van der Waals surface area (Å²) in [6.45, 7) is 0. The minimum absolute atomic E-state index is 0.154. The number of aromatic nitrogens is 1. The second-order valence-electron chi connectivity index (χ2n) is 6.40. The number of carbonyl (C=O) groups is 1. The van der Waals surface area contributed by atoms with E-state index >= 15 is 0 Å². The Morgan fingerprint density at radius 3 is 2.42 bits per heavy atom. The molecule has 0 aliphatic heterocycles. The lowest BCUT2D eigenvalue weighted by molar-refractivity contribution is 0.102. The van der Waals surface area contributed by atoms with Gasteiger partial charge < -0.3 is 4.74 Å². The number of nitrogens with zero attached hydrogens (tertiary/aromatic N) is 1. The van der Waals surface area contributed by atoms with Crippen LogP contribution in [0.15, 0.2) is 71.6 Å². The molecule has 0 aliphatic rings. The van der Waals surface area contributed by atoms with E-state index in [0.717, 1.165) is 0 Å². The Hall–Kier alpha value is -3.14. The van der Waals surface area contributed by atoms with Crippen molar-refractivity contribution in [2.24, 2.45) is 0 Å². The lowest BCUT2D eigenvalue weighted by atomic mass is 10.2. The van der Waals surface area contributed by atoms with Gasteiger partial charge in [-0.3, -0.25) is 14.8 Å². The average molecular weight is 474 g/mol. The van der Waals surface area contributed by atoms with Crippen LogP contribution in [0.4, 0.5) is 10.8 Å². The lowest BCUT2D eigenvalue weighted by Crippen LogP contribution is -2.14. The average Bonchev–Trinajstić information content (AvgIpc) is 3.19. The van der Waals surface area contributed by atoms with Crippen LogP contribution in [0.5, 0.6) is 5.75 Å². The van der Waals surface area contributed by atoms with Crippen LogP contribution in [-0.4, -0.2) is 26.4 Å². The zero-order chi connectivity index (χ0) is 22.0. The molecule has 0 spiro atoms. The molecule has 4 rings (SSSR count). The van der Waals surface area contributed by atoms with Crippen molar-refractivity contribution in [3.8, 4) is 5.75 Å². The first kappa shape index (κ1) is 21.1. The summed E-state index contributed by atoms with van der Waals surface area (Å²) in [6.07, 6.45) is 0. The van der Waals surface area contributed by atoms with Gasteiger partial charge in [0.2, 0.25) is 0 Å². The summed E-state index contributed by atoms with van der Waals surface area (Å²) in [7, 11) is -2.17. The Balaban J connectivity index is 1.50. The van der Waals surface area contributed by atoms with Crippen LogP contribution in [0, 0.1) is 0 Å². The number of nitrogens with one attached hydrogen (secondary N) is 2. The topological polar surface area (TPSA) is 97.4 Å². The van der Waals surface area contributed by atoms with Crippen LogP contribution in [0.1, 0.15) is 10.4 Å². The zero-order valence-electron chi connectivity index (χ0n) is 16.1. The van der Waals surface area contributed by atoms with Crippen LogP contribution in [0.25, 0.3) is 10.2 Å². The number of fused-ring (bicyclic) bond motifs is 1. The normalized spacial score (nSPS) is 11.3. The smallest absolute Gasteiger partial charge is 0.261 e. The number of amides is 1. The number of carbonyl (C=O) groups excluding carboxylic acids is 1. The summed E-state index contributed by atoms with van der Waals surface area (Å²) in [5, 5.41) is 3.63. The minimum atomic E-state index is -3.70. The maximum Gasteiger partial charge on any atom is 0.261 e. The van der Waals surface area contributed by atoms with E-state index in [4.69, 9.17) is 16.3 Å². The van der Waals surface area contributed by atoms with Gasteiger partial charge in [-0.2, -0.15) is 0 Å². The van der Waals surface area contributed by atoms with Crippen LogP contribution in [0.3, 0.4) is 0 Å². The number of sulfonamides is 1. The lowest BCUT2D eigenvalue weighted by Gasteiger charge is -2.08. The molecule has 1 heterocycles. The molecule has 4 aromatic rings. The van der Waals surface area contributed by atoms with Crippen LogP contribution in [-0.2, 0) is 10.0 Å². The Morgan fingerprint density at radius 2 is 1.74 bits per heavy atom. The molecule has 0 unspecified atom stereocenters. The number of thiazole rings is 1. The number of hydrogen-bond donors (Lipinski definition) is 2. The largest absolute Gasteiger partial charge is 0.494 e. The van der Waals surface area contributed by atoms with Crippen LogP contribution < -0.4 is 14.8 Å². The van der Waals surface area contributed by atoms with Crippen molar-refractivity contribution in [2.45, 2.75) is 4.90 Å². The summed E-state index contributed by atoms with van der Waals surface area (Å²) < 4.78 is 33.3. The van der Waals surface area contributed by atoms with Crippen molar-refractivity contribution in [2.75, 3.05) is 17.1 Å². The number of ether oxygens (including phenoxy) is 1. The van der Waals surface area contributed by atoms with Crippen molar-refractivity contribution in [3.05, 3.63) is 77.3 Å². The predicted octanol–water partition coefficient (Wildman–Crippen LogP) is 5.01. The highest BCUT2D eigenvalue weighted by atomic mass is 35.5. The van der Waals surface area contributed by atoms with E-state index in [-0.39, 0.29) is 10.8 Å². The van der Waals surface area contributed by atoms with Crippen molar-refractivity contribution in [1.29, 1.82) is 0 Å². The van der Waals surface area contributed by atoms with Crippen LogP contribution >= 0.6 is 22.9 Å². The fraction of sp³-hybridized carbons (Fsp3) is 0.0476. The van der Waals surface area contributed by atoms with Gasteiger partial charge in [-0.05, 0) is 48.5 Å². The Bertz CT molecular complexity index is 1350. The maximum atomic E-state index is 12.6. The van der Waals surface area contributed by atoms with E-state index in [1.807, 2.05) is 0 Å². The molecule has 0 atom stereocenters. The molecule has 0 saturated heterocycles. The number of hydrogen-bond acceptors (Lipinski definition) is 6.